The third kappa shape index (κ3) is 3.56. The molecular weight excluding hydrogens is 370 g/mol. The molecule has 0 saturated heterocycles. The number of aromatic nitrogens is 2. The number of para-hydroxylation sites is 2. The van der Waals surface area contributed by atoms with Gasteiger partial charge in [-0.25, -0.2) is 4.98 Å². The van der Waals surface area contributed by atoms with Crippen molar-refractivity contribution in [2.24, 2.45) is 0 Å². The molecule has 1 aliphatic carbocycles. The number of hydrogen-bond acceptors (Lipinski definition) is 4. The molecule has 28 heavy (non-hydrogen) atoms. The Labute approximate surface area is 168 Å². The average Bonchev–Trinajstić information content (AvgIpc) is 3.57. The highest BCUT2D eigenvalue weighted by Gasteiger charge is 2.29. The zero-order valence-corrected chi connectivity index (χ0v) is 16.9. The first-order valence-corrected chi connectivity index (χ1v) is 10.6. The van der Waals surface area contributed by atoms with Crippen molar-refractivity contribution < 1.29 is 4.79 Å². The van der Waals surface area contributed by atoms with Crippen LogP contribution in [-0.4, -0.2) is 39.2 Å². The number of fused-ring (bicyclic) bond motifs is 1. The first-order valence-electron chi connectivity index (χ1n) is 9.58. The normalized spacial score (nSPS) is 13.6. The van der Waals surface area contributed by atoms with Gasteiger partial charge in [0.2, 0.25) is 5.91 Å². The summed E-state index contributed by atoms with van der Waals surface area (Å²) in [6.07, 6.45) is 2.97. The van der Waals surface area contributed by atoms with Crippen LogP contribution in [0.25, 0.3) is 16.6 Å². The van der Waals surface area contributed by atoms with Gasteiger partial charge in [-0.15, -0.1) is 0 Å². The second kappa shape index (κ2) is 7.80. The van der Waals surface area contributed by atoms with E-state index in [1.165, 1.54) is 11.8 Å². The summed E-state index contributed by atoms with van der Waals surface area (Å²) in [4.78, 5) is 32.4. The Morgan fingerprint density at radius 1 is 1.18 bits per heavy atom. The number of amides is 1. The lowest BCUT2D eigenvalue weighted by Crippen LogP contribution is -2.30. The van der Waals surface area contributed by atoms with Crippen molar-refractivity contribution in [1.82, 2.24) is 14.5 Å². The molecule has 0 spiro atoms. The molecule has 1 aliphatic rings. The zero-order chi connectivity index (χ0) is 19.7. The minimum Gasteiger partial charge on any atom is -0.342 e. The molecule has 0 N–H and O–H groups in total. The molecule has 1 heterocycles. The highest BCUT2D eigenvalue weighted by molar-refractivity contribution is 7.99. The molecule has 1 amide bonds. The van der Waals surface area contributed by atoms with Crippen LogP contribution in [0, 0.1) is 0 Å². The van der Waals surface area contributed by atoms with Crippen molar-refractivity contribution in [3.05, 3.63) is 64.4 Å². The van der Waals surface area contributed by atoms with Gasteiger partial charge in [0.15, 0.2) is 5.16 Å². The van der Waals surface area contributed by atoms with Crippen molar-refractivity contribution in [2.45, 2.75) is 37.4 Å². The number of benzene rings is 2. The van der Waals surface area contributed by atoms with Gasteiger partial charge in [-0.3, -0.25) is 14.2 Å². The molecular formula is C22H23N3O2S. The summed E-state index contributed by atoms with van der Waals surface area (Å²) < 4.78 is 1.66. The van der Waals surface area contributed by atoms with E-state index in [-0.39, 0.29) is 17.2 Å². The Bertz CT molecular complexity index is 1090. The molecule has 2 aromatic carbocycles. The smallest absolute Gasteiger partial charge is 0.266 e. The number of carbonyl (C=O) groups excluding carboxylic acids is 1. The van der Waals surface area contributed by atoms with Crippen LogP contribution in [0.2, 0.25) is 0 Å². The Morgan fingerprint density at radius 2 is 1.89 bits per heavy atom. The number of carbonyl (C=O) groups is 1. The van der Waals surface area contributed by atoms with Crippen LogP contribution in [0.3, 0.4) is 0 Å². The molecule has 0 radical (unpaired) electrons. The maximum absolute atomic E-state index is 13.3. The molecule has 0 aliphatic heterocycles. The SMILES string of the molecule is CCc1ccccc1-n1c(SCC(=O)N(C)C2CC2)nc2ccccc2c1=O. The highest BCUT2D eigenvalue weighted by Crippen LogP contribution is 2.28. The third-order valence-corrected chi connectivity index (χ3v) is 6.09. The molecule has 0 bridgehead atoms. The number of thioether (sulfide) groups is 1. The number of nitrogens with zero attached hydrogens (tertiary/aromatic N) is 3. The first kappa shape index (κ1) is 18.7. The van der Waals surface area contributed by atoms with E-state index in [0.29, 0.717) is 22.1 Å². The van der Waals surface area contributed by atoms with E-state index in [2.05, 4.69) is 6.92 Å². The van der Waals surface area contributed by atoms with Crippen molar-refractivity contribution in [3.8, 4) is 5.69 Å². The molecule has 6 heteroatoms. The number of hydrogen-bond donors (Lipinski definition) is 0. The monoisotopic (exact) mass is 393 g/mol. The number of rotatable bonds is 6. The Balaban J connectivity index is 1.79. The maximum Gasteiger partial charge on any atom is 0.266 e. The Hall–Kier alpha value is -2.60. The van der Waals surface area contributed by atoms with Crippen LogP contribution in [0.15, 0.2) is 58.5 Å². The third-order valence-electron chi connectivity index (χ3n) is 5.17. The van der Waals surface area contributed by atoms with Gasteiger partial charge < -0.3 is 4.90 Å². The molecule has 5 nitrogen and oxygen atoms in total. The fourth-order valence-electron chi connectivity index (χ4n) is 3.34. The van der Waals surface area contributed by atoms with Gasteiger partial charge >= 0.3 is 0 Å². The van der Waals surface area contributed by atoms with E-state index in [4.69, 9.17) is 4.98 Å². The van der Waals surface area contributed by atoms with Gasteiger partial charge in [-0.05, 0) is 43.0 Å². The van der Waals surface area contributed by atoms with Crippen molar-refractivity contribution in [1.29, 1.82) is 0 Å². The van der Waals surface area contributed by atoms with Gasteiger partial charge in [-0.2, -0.15) is 0 Å². The molecule has 1 aromatic heterocycles. The average molecular weight is 394 g/mol. The maximum atomic E-state index is 13.3. The van der Waals surface area contributed by atoms with Crippen molar-refractivity contribution in [2.75, 3.05) is 12.8 Å². The van der Waals surface area contributed by atoms with Gasteiger partial charge in [0.05, 0.1) is 22.3 Å². The van der Waals surface area contributed by atoms with Crippen LogP contribution in [0.5, 0.6) is 0 Å². The van der Waals surface area contributed by atoms with E-state index in [0.717, 1.165) is 30.5 Å². The van der Waals surface area contributed by atoms with Crippen LogP contribution in [-0.2, 0) is 11.2 Å². The van der Waals surface area contributed by atoms with Crippen LogP contribution in [0.1, 0.15) is 25.3 Å². The molecule has 1 saturated carbocycles. The first-order chi connectivity index (χ1) is 13.6. The summed E-state index contributed by atoms with van der Waals surface area (Å²) in [6.45, 7) is 2.07. The lowest BCUT2D eigenvalue weighted by Gasteiger charge is -2.18. The van der Waals surface area contributed by atoms with Gasteiger partial charge in [0.25, 0.3) is 5.56 Å². The second-order valence-electron chi connectivity index (χ2n) is 7.06. The zero-order valence-electron chi connectivity index (χ0n) is 16.1. The largest absolute Gasteiger partial charge is 0.342 e. The van der Waals surface area contributed by atoms with E-state index in [1.54, 1.807) is 10.6 Å². The molecule has 144 valence electrons. The fraction of sp³-hybridized carbons (Fsp3) is 0.318. The Kier molecular flexibility index (Phi) is 5.22. The summed E-state index contributed by atoms with van der Waals surface area (Å²) in [5.41, 5.74) is 2.46. The van der Waals surface area contributed by atoms with Crippen LogP contribution >= 0.6 is 11.8 Å². The van der Waals surface area contributed by atoms with Crippen molar-refractivity contribution in [3.63, 3.8) is 0 Å². The Morgan fingerprint density at radius 3 is 2.64 bits per heavy atom. The van der Waals surface area contributed by atoms with Gasteiger partial charge in [-0.1, -0.05) is 49.0 Å². The van der Waals surface area contributed by atoms with E-state index in [9.17, 15) is 9.59 Å². The van der Waals surface area contributed by atoms with E-state index >= 15 is 0 Å². The summed E-state index contributed by atoms with van der Waals surface area (Å²) in [5.74, 6) is 0.344. The molecule has 1 fully saturated rings. The highest BCUT2D eigenvalue weighted by atomic mass is 32.2. The number of aryl methyl sites for hydroxylation is 1. The standard InChI is InChI=1S/C22H23N3O2S/c1-3-15-8-4-7-11-19(15)25-21(27)17-9-5-6-10-18(17)23-22(25)28-14-20(26)24(2)16-12-13-16/h4-11,16H,3,12-14H2,1-2H3. The van der Waals surface area contributed by atoms with E-state index in [1.807, 2.05) is 54.4 Å². The summed E-state index contributed by atoms with van der Waals surface area (Å²) >= 11 is 1.33. The summed E-state index contributed by atoms with van der Waals surface area (Å²) in [5, 5.41) is 1.14. The minimum atomic E-state index is -0.100. The second-order valence-corrected chi connectivity index (χ2v) is 8.00. The minimum absolute atomic E-state index is 0.0743. The van der Waals surface area contributed by atoms with E-state index < -0.39 is 0 Å². The lowest BCUT2D eigenvalue weighted by molar-refractivity contribution is -0.127. The summed E-state index contributed by atoms with van der Waals surface area (Å²) in [6, 6.07) is 15.6. The van der Waals surface area contributed by atoms with Gasteiger partial charge in [0.1, 0.15) is 0 Å². The molecule has 3 aromatic rings. The van der Waals surface area contributed by atoms with Gasteiger partial charge in [0, 0.05) is 13.1 Å². The molecule has 4 rings (SSSR count). The predicted molar refractivity (Wildman–Crippen MR) is 113 cm³/mol. The van der Waals surface area contributed by atoms with Crippen LogP contribution < -0.4 is 5.56 Å². The van der Waals surface area contributed by atoms with Crippen molar-refractivity contribution >= 4 is 28.6 Å². The fourth-order valence-corrected chi connectivity index (χ4v) is 4.27. The quantitative estimate of drug-likeness (QED) is 0.474. The molecule has 0 unspecified atom stereocenters. The predicted octanol–water partition coefficient (Wildman–Crippen LogP) is 3.66. The van der Waals surface area contributed by atoms with Crippen LogP contribution in [0.4, 0.5) is 0 Å². The lowest BCUT2D eigenvalue weighted by atomic mass is 10.1. The molecule has 0 atom stereocenters. The summed E-state index contributed by atoms with van der Waals surface area (Å²) in [7, 11) is 1.86. The topological polar surface area (TPSA) is 55.2 Å².